The number of pyridine rings is 2. The fraction of sp³-hybridized carbons (Fsp3) is 0.167. The van der Waals surface area contributed by atoms with E-state index in [9.17, 15) is 9.00 Å². The number of nitrogens with one attached hydrogen (secondary N) is 3. The van der Waals surface area contributed by atoms with Crippen LogP contribution in [0.2, 0.25) is 0 Å². The third-order valence-electron chi connectivity index (χ3n) is 5.62. The predicted molar refractivity (Wildman–Crippen MR) is 135 cm³/mol. The maximum Gasteiger partial charge on any atom is 0.259 e. The summed E-state index contributed by atoms with van der Waals surface area (Å²) in [6.07, 6.45) is 1.60. The molecule has 2 aromatic heterocycles. The number of morpholine rings is 1. The van der Waals surface area contributed by atoms with Crippen LogP contribution in [0, 0.1) is 0 Å². The number of fused-ring (bicyclic) bond motifs is 1. The van der Waals surface area contributed by atoms with Gasteiger partial charge in [0.25, 0.3) is 16.8 Å². The molecule has 1 fully saturated rings. The van der Waals surface area contributed by atoms with Crippen LogP contribution < -0.4 is 20.5 Å². The predicted octanol–water partition coefficient (Wildman–Crippen LogP) is 3.72. The number of rotatable bonds is 6. The summed E-state index contributed by atoms with van der Waals surface area (Å²) < 4.78 is 28.2. The van der Waals surface area contributed by atoms with Gasteiger partial charge in [-0.25, -0.2) is 9.19 Å². The molecule has 0 saturated carbocycles. The molecule has 0 bridgehead atoms. The molecule has 34 heavy (non-hydrogen) atoms. The third kappa shape index (κ3) is 4.79. The second-order valence-corrected chi connectivity index (χ2v) is 8.53. The number of H-pyrrole nitrogens is 1. The molecule has 0 amide bonds. The van der Waals surface area contributed by atoms with Crippen LogP contribution in [0.25, 0.3) is 22.0 Å². The summed E-state index contributed by atoms with van der Waals surface area (Å²) in [6, 6.07) is 18.7. The Morgan fingerprint density at radius 3 is 2.59 bits per heavy atom. The number of hydrogen-bond donors (Lipinski definition) is 4. The van der Waals surface area contributed by atoms with E-state index in [4.69, 9.17) is 14.3 Å². The number of ether oxygens (including phenoxy) is 1. The van der Waals surface area contributed by atoms with Crippen molar-refractivity contribution in [1.29, 1.82) is 0 Å². The summed E-state index contributed by atoms with van der Waals surface area (Å²) in [5, 5.41) is 4.48. The Morgan fingerprint density at radius 2 is 1.82 bits per heavy atom. The van der Waals surface area contributed by atoms with Crippen LogP contribution in [-0.2, 0) is 16.0 Å². The Bertz CT molecular complexity index is 1400. The Labute approximate surface area is 198 Å². The fourth-order valence-electron chi connectivity index (χ4n) is 4.01. The molecule has 5 rings (SSSR count). The Hall–Kier alpha value is -3.73. The topological polar surface area (TPSA) is 120 Å². The molecule has 0 aliphatic carbocycles. The van der Waals surface area contributed by atoms with Crippen LogP contribution >= 0.6 is 0 Å². The molecular weight excluding hydrogens is 454 g/mol. The lowest BCUT2D eigenvalue weighted by Gasteiger charge is -2.28. The number of anilines is 4. The highest BCUT2D eigenvalue weighted by atomic mass is 32.2. The molecular formula is C24H23N5O4S. The Kier molecular flexibility index (Phi) is 6.26. The van der Waals surface area contributed by atoms with Crippen LogP contribution in [0.3, 0.4) is 0 Å². The minimum atomic E-state index is -2.18. The minimum Gasteiger partial charge on any atom is -0.378 e. The minimum absolute atomic E-state index is 0.241. The zero-order valence-electron chi connectivity index (χ0n) is 18.2. The number of hydrogen-bond acceptors (Lipinski definition) is 6. The molecule has 3 heterocycles. The monoisotopic (exact) mass is 477 g/mol. The molecule has 1 unspecified atom stereocenters. The van der Waals surface area contributed by atoms with E-state index >= 15 is 0 Å². The van der Waals surface area contributed by atoms with Gasteiger partial charge in [-0.3, -0.25) is 14.1 Å². The van der Waals surface area contributed by atoms with Crippen LogP contribution in [0.4, 0.5) is 22.9 Å². The quantitative estimate of drug-likeness (QED) is 0.313. The van der Waals surface area contributed by atoms with Crippen molar-refractivity contribution in [3.63, 3.8) is 0 Å². The van der Waals surface area contributed by atoms with Crippen molar-refractivity contribution in [3.8, 4) is 11.3 Å². The summed E-state index contributed by atoms with van der Waals surface area (Å²) in [4.78, 5) is 22.4. The number of nitrogens with zero attached hydrogens (tertiary/aromatic N) is 2. The lowest BCUT2D eigenvalue weighted by atomic mass is 10.1. The normalized spacial score (nSPS) is 14.7. The summed E-state index contributed by atoms with van der Waals surface area (Å²) in [5.74, 6) is 0.428. The number of aromatic nitrogens is 2. The highest BCUT2D eigenvalue weighted by Crippen LogP contribution is 2.29. The standard InChI is InChI=1S/C24H23N5O4S/c30-24-22-17(8-9-25-24)15-21(16-2-1-3-19(14-16)28-34(31)32)27-23(22)26-18-4-6-20(7-5-18)29-10-12-33-13-11-29/h1-9,14-15,28H,10-13H2,(H,25,30)(H,26,27)(H,31,32). The van der Waals surface area contributed by atoms with Gasteiger partial charge in [0, 0.05) is 41.9 Å². The van der Waals surface area contributed by atoms with Gasteiger partial charge in [0.2, 0.25) is 0 Å². The highest BCUT2D eigenvalue weighted by molar-refractivity contribution is 7.80. The van der Waals surface area contributed by atoms with E-state index < -0.39 is 11.3 Å². The summed E-state index contributed by atoms with van der Waals surface area (Å²) in [6.45, 7) is 3.15. The molecule has 1 aliphatic heterocycles. The first-order chi connectivity index (χ1) is 16.6. The molecule has 9 nitrogen and oxygen atoms in total. The van der Waals surface area contributed by atoms with Gasteiger partial charge >= 0.3 is 0 Å². The van der Waals surface area contributed by atoms with Crippen molar-refractivity contribution in [2.24, 2.45) is 0 Å². The maximum atomic E-state index is 12.6. The van der Waals surface area contributed by atoms with Gasteiger partial charge in [0.15, 0.2) is 0 Å². The molecule has 1 saturated heterocycles. The van der Waals surface area contributed by atoms with Crippen molar-refractivity contribution in [2.45, 2.75) is 0 Å². The first kappa shape index (κ1) is 22.1. The van der Waals surface area contributed by atoms with E-state index in [2.05, 4.69) is 19.9 Å². The van der Waals surface area contributed by atoms with Crippen molar-refractivity contribution in [3.05, 3.63) is 77.2 Å². The first-order valence-electron chi connectivity index (χ1n) is 10.8. The smallest absolute Gasteiger partial charge is 0.259 e. The maximum absolute atomic E-state index is 12.6. The van der Waals surface area contributed by atoms with Crippen molar-refractivity contribution in [2.75, 3.05) is 41.2 Å². The molecule has 0 spiro atoms. The molecule has 4 aromatic rings. The zero-order chi connectivity index (χ0) is 23.5. The van der Waals surface area contributed by atoms with E-state index in [0.29, 0.717) is 22.6 Å². The molecule has 1 aliphatic rings. The van der Waals surface area contributed by atoms with E-state index in [-0.39, 0.29) is 5.56 Å². The summed E-state index contributed by atoms with van der Waals surface area (Å²) in [5.41, 5.74) is 3.52. The van der Waals surface area contributed by atoms with Crippen molar-refractivity contribution >= 4 is 44.9 Å². The van der Waals surface area contributed by atoms with Gasteiger partial charge in [-0.1, -0.05) is 12.1 Å². The van der Waals surface area contributed by atoms with Gasteiger partial charge in [-0.2, -0.15) is 0 Å². The first-order valence-corrected chi connectivity index (χ1v) is 11.9. The average Bonchev–Trinajstić information content (AvgIpc) is 2.85. The average molecular weight is 478 g/mol. The molecule has 10 heteroatoms. The second kappa shape index (κ2) is 9.64. The van der Waals surface area contributed by atoms with Gasteiger partial charge in [0.05, 0.1) is 24.3 Å². The molecule has 0 radical (unpaired) electrons. The summed E-state index contributed by atoms with van der Waals surface area (Å²) in [7, 11) is 0. The van der Waals surface area contributed by atoms with Gasteiger partial charge in [0.1, 0.15) is 5.82 Å². The van der Waals surface area contributed by atoms with E-state index in [1.807, 2.05) is 42.5 Å². The van der Waals surface area contributed by atoms with E-state index in [1.165, 1.54) is 0 Å². The van der Waals surface area contributed by atoms with Crippen molar-refractivity contribution in [1.82, 2.24) is 9.97 Å². The van der Waals surface area contributed by atoms with Gasteiger partial charge in [-0.15, -0.1) is 0 Å². The number of aromatic amines is 1. The van der Waals surface area contributed by atoms with Crippen molar-refractivity contribution < 1.29 is 13.5 Å². The van der Waals surface area contributed by atoms with Crippen LogP contribution in [0.15, 0.2) is 71.7 Å². The molecule has 2 aromatic carbocycles. The SMILES string of the molecule is O=c1[nH]ccc2cc(-c3cccc(NS(=O)O)c3)nc(Nc3ccc(N4CCOCC4)cc3)c12. The van der Waals surface area contributed by atoms with Gasteiger partial charge in [-0.05, 0) is 53.9 Å². The third-order valence-corrected chi connectivity index (χ3v) is 6.03. The fourth-order valence-corrected chi connectivity index (χ4v) is 4.34. The largest absolute Gasteiger partial charge is 0.378 e. The van der Waals surface area contributed by atoms with Gasteiger partial charge < -0.3 is 19.9 Å². The van der Waals surface area contributed by atoms with Crippen LogP contribution in [-0.4, -0.2) is 45.0 Å². The van der Waals surface area contributed by atoms with Crippen LogP contribution in [0.1, 0.15) is 0 Å². The molecule has 4 N–H and O–H groups in total. The Balaban J connectivity index is 1.51. The lowest BCUT2D eigenvalue weighted by molar-refractivity contribution is 0.122. The highest BCUT2D eigenvalue weighted by Gasteiger charge is 2.14. The van der Waals surface area contributed by atoms with Crippen LogP contribution in [0.5, 0.6) is 0 Å². The zero-order valence-corrected chi connectivity index (χ0v) is 19.0. The second-order valence-electron chi connectivity index (χ2n) is 7.83. The molecule has 174 valence electrons. The Morgan fingerprint density at radius 1 is 1.03 bits per heavy atom. The number of benzene rings is 2. The van der Waals surface area contributed by atoms with E-state index in [0.717, 1.165) is 48.6 Å². The summed E-state index contributed by atoms with van der Waals surface area (Å²) >= 11 is -2.18. The lowest BCUT2D eigenvalue weighted by Crippen LogP contribution is -2.36. The van der Waals surface area contributed by atoms with E-state index in [1.54, 1.807) is 24.4 Å². The molecule has 1 atom stereocenters.